The number of ether oxygens (including phenoxy) is 1. The number of carbonyl (C=O) groups excluding carboxylic acids is 3. The molecular formula is C22H20FN3O4. The first-order chi connectivity index (χ1) is 14.3. The van der Waals surface area contributed by atoms with Crippen molar-refractivity contribution < 1.29 is 23.5 Å². The molecule has 0 radical (unpaired) electrons. The van der Waals surface area contributed by atoms with Crippen molar-refractivity contribution >= 4 is 23.6 Å². The van der Waals surface area contributed by atoms with E-state index in [0.29, 0.717) is 0 Å². The Morgan fingerprint density at radius 1 is 0.933 bits per heavy atom. The van der Waals surface area contributed by atoms with Crippen LogP contribution in [0.4, 0.5) is 14.9 Å². The number of urea groups is 1. The normalized spacial score (nSPS) is 10.4. The van der Waals surface area contributed by atoms with Crippen LogP contribution in [0.2, 0.25) is 0 Å². The van der Waals surface area contributed by atoms with E-state index in [1.807, 2.05) is 35.9 Å². The van der Waals surface area contributed by atoms with Gasteiger partial charge in [-0.2, -0.15) is 0 Å². The number of aryl methyl sites for hydroxylation is 2. The maximum absolute atomic E-state index is 13.5. The number of imide groups is 1. The van der Waals surface area contributed by atoms with Crippen LogP contribution in [0.3, 0.4) is 0 Å². The van der Waals surface area contributed by atoms with Crippen LogP contribution in [0.25, 0.3) is 5.69 Å². The summed E-state index contributed by atoms with van der Waals surface area (Å²) in [5.41, 5.74) is 3.22. The lowest BCUT2D eigenvalue weighted by molar-refractivity contribution is -0.123. The number of aromatic nitrogens is 1. The molecule has 0 unspecified atom stereocenters. The summed E-state index contributed by atoms with van der Waals surface area (Å²) in [5, 5.41) is 4.17. The number of hydrogen-bond donors (Lipinski definition) is 2. The number of benzene rings is 2. The van der Waals surface area contributed by atoms with Gasteiger partial charge in [0.15, 0.2) is 6.61 Å². The van der Waals surface area contributed by atoms with Crippen LogP contribution in [0.1, 0.15) is 21.7 Å². The van der Waals surface area contributed by atoms with Gasteiger partial charge in [-0.1, -0.05) is 12.1 Å². The van der Waals surface area contributed by atoms with Gasteiger partial charge in [0.1, 0.15) is 5.82 Å². The standard InChI is InChI=1S/C22H20FN3O4/c1-14-7-8-15(2)26(14)17-11-9-16(10-12-17)21(28)30-13-20(27)25-22(29)24-19-6-4-3-5-18(19)23/h3-12H,13H2,1-2H3,(H2,24,25,27,29). The second kappa shape index (κ2) is 9.04. The highest BCUT2D eigenvalue weighted by Crippen LogP contribution is 2.17. The van der Waals surface area contributed by atoms with Gasteiger partial charge in [0.2, 0.25) is 0 Å². The molecule has 1 heterocycles. The van der Waals surface area contributed by atoms with E-state index in [0.717, 1.165) is 17.1 Å². The summed E-state index contributed by atoms with van der Waals surface area (Å²) >= 11 is 0. The average molecular weight is 409 g/mol. The quantitative estimate of drug-likeness (QED) is 0.629. The lowest BCUT2D eigenvalue weighted by atomic mass is 10.2. The van der Waals surface area contributed by atoms with Crippen molar-refractivity contribution in [1.29, 1.82) is 0 Å². The van der Waals surface area contributed by atoms with Gasteiger partial charge in [0, 0.05) is 17.1 Å². The van der Waals surface area contributed by atoms with Crippen molar-refractivity contribution in [1.82, 2.24) is 9.88 Å². The molecule has 8 heteroatoms. The van der Waals surface area contributed by atoms with Crippen molar-refractivity contribution in [3.8, 4) is 5.69 Å². The molecule has 3 rings (SSSR count). The number of esters is 1. The Morgan fingerprint density at radius 3 is 2.20 bits per heavy atom. The van der Waals surface area contributed by atoms with E-state index in [1.54, 1.807) is 24.3 Å². The summed E-state index contributed by atoms with van der Waals surface area (Å²) in [6, 6.07) is 15.3. The smallest absolute Gasteiger partial charge is 0.338 e. The molecule has 30 heavy (non-hydrogen) atoms. The van der Waals surface area contributed by atoms with Crippen LogP contribution < -0.4 is 10.6 Å². The Morgan fingerprint density at radius 2 is 1.57 bits per heavy atom. The first-order valence-electron chi connectivity index (χ1n) is 9.13. The SMILES string of the molecule is Cc1ccc(C)n1-c1ccc(C(=O)OCC(=O)NC(=O)Nc2ccccc2F)cc1. The van der Waals surface area contributed by atoms with E-state index in [1.165, 1.54) is 24.3 Å². The fourth-order valence-electron chi connectivity index (χ4n) is 2.92. The molecule has 0 bridgehead atoms. The van der Waals surface area contributed by atoms with E-state index in [4.69, 9.17) is 4.74 Å². The molecule has 2 aromatic carbocycles. The summed E-state index contributed by atoms with van der Waals surface area (Å²) in [6.07, 6.45) is 0. The molecule has 0 aliphatic heterocycles. The van der Waals surface area contributed by atoms with Crippen LogP contribution in [-0.4, -0.2) is 29.1 Å². The molecule has 2 N–H and O–H groups in total. The maximum Gasteiger partial charge on any atom is 0.338 e. The summed E-state index contributed by atoms with van der Waals surface area (Å²) in [7, 11) is 0. The molecule has 0 saturated heterocycles. The third-order valence-corrected chi connectivity index (χ3v) is 4.34. The maximum atomic E-state index is 13.5. The van der Waals surface area contributed by atoms with E-state index in [9.17, 15) is 18.8 Å². The highest BCUT2D eigenvalue weighted by Gasteiger charge is 2.14. The molecule has 0 saturated carbocycles. The fraction of sp³-hybridized carbons (Fsp3) is 0.136. The predicted octanol–water partition coefficient (Wildman–Crippen LogP) is 3.74. The number of rotatable bonds is 5. The summed E-state index contributed by atoms with van der Waals surface area (Å²) < 4.78 is 20.5. The van der Waals surface area contributed by atoms with Crippen LogP contribution in [0, 0.1) is 19.7 Å². The van der Waals surface area contributed by atoms with Gasteiger partial charge in [-0.25, -0.2) is 14.0 Å². The van der Waals surface area contributed by atoms with Crippen LogP contribution >= 0.6 is 0 Å². The molecule has 154 valence electrons. The van der Waals surface area contributed by atoms with Gasteiger partial charge in [-0.3, -0.25) is 10.1 Å². The molecule has 0 fully saturated rings. The van der Waals surface area contributed by atoms with Crippen molar-refractivity contribution in [2.24, 2.45) is 0 Å². The Kier molecular flexibility index (Phi) is 6.26. The van der Waals surface area contributed by atoms with E-state index in [2.05, 4.69) is 5.32 Å². The predicted molar refractivity (Wildman–Crippen MR) is 109 cm³/mol. The van der Waals surface area contributed by atoms with Crippen LogP contribution in [-0.2, 0) is 9.53 Å². The third-order valence-electron chi connectivity index (χ3n) is 4.34. The Labute approximate surface area is 172 Å². The number of amides is 3. The van der Waals surface area contributed by atoms with Crippen LogP contribution in [0.5, 0.6) is 0 Å². The van der Waals surface area contributed by atoms with Crippen molar-refractivity contribution in [2.45, 2.75) is 13.8 Å². The minimum atomic E-state index is -0.928. The molecule has 7 nitrogen and oxygen atoms in total. The van der Waals surface area contributed by atoms with Gasteiger partial charge < -0.3 is 14.6 Å². The zero-order valence-corrected chi connectivity index (χ0v) is 16.4. The van der Waals surface area contributed by atoms with E-state index in [-0.39, 0.29) is 11.3 Å². The average Bonchev–Trinajstić information content (AvgIpc) is 3.06. The van der Waals surface area contributed by atoms with Crippen LogP contribution in [0.15, 0.2) is 60.7 Å². The highest BCUT2D eigenvalue weighted by atomic mass is 19.1. The second-order valence-electron chi connectivity index (χ2n) is 6.56. The third kappa shape index (κ3) is 4.91. The number of para-hydroxylation sites is 1. The number of anilines is 1. The molecule has 0 aliphatic rings. The Hall–Kier alpha value is -3.94. The molecule has 3 aromatic rings. The number of carbonyl (C=O) groups is 3. The monoisotopic (exact) mass is 409 g/mol. The lowest BCUT2D eigenvalue weighted by Crippen LogP contribution is -2.37. The van der Waals surface area contributed by atoms with Gasteiger partial charge in [0.25, 0.3) is 5.91 Å². The van der Waals surface area contributed by atoms with Crippen molar-refractivity contribution in [2.75, 3.05) is 11.9 Å². The Balaban J connectivity index is 1.52. The van der Waals surface area contributed by atoms with Gasteiger partial charge >= 0.3 is 12.0 Å². The first-order valence-corrected chi connectivity index (χ1v) is 9.13. The lowest BCUT2D eigenvalue weighted by Gasteiger charge is -2.10. The largest absolute Gasteiger partial charge is 0.452 e. The van der Waals surface area contributed by atoms with Gasteiger partial charge in [-0.15, -0.1) is 0 Å². The number of nitrogens with zero attached hydrogens (tertiary/aromatic N) is 1. The molecule has 0 atom stereocenters. The fourth-order valence-corrected chi connectivity index (χ4v) is 2.92. The first kappa shape index (κ1) is 20.8. The number of halogens is 1. The zero-order valence-electron chi connectivity index (χ0n) is 16.4. The van der Waals surface area contributed by atoms with Gasteiger partial charge in [-0.05, 0) is 62.4 Å². The number of hydrogen-bond acceptors (Lipinski definition) is 4. The molecular weight excluding hydrogens is 389 g/mol. The molecule has 1 aromatic heterocycles. The second-order valence-corrected chi connectivity index (χ2v) is 6.56. The minimum absolute atomic E-state index is 0.0759. The molecule has 0 spiro atoms. The highest BCUT2D eigenvalue weighted by molar-refractivity contribution is 6.02. The van der Waals surface area contributed by atoms with E-state index >= 15 is 0 Å². The van der Waals surface area contributed by atoms with Crippen molar-refractivity contribution in [3.63, 3.8) is 0 Å². The molecule has 3 amide bonds. The van der Waals surface area contributed by atoms with Gasteiger partial charge in [0.05, 0.1) is 11.3 Å². The van der Waals surface area contributed by atoms with E-state index < -0.39 is 30.3 Å². The summed E-state index contributed by atoms with van der Waals surface area (Å²) in [4.78, 5) is 35.7. The topological polar surface area (TPSA) is 89.4 Å². The Bertz CT molecular complexity index is 1070. The number of nitrogens with one attached hydrogen (secondary N) is 2. The van der Waals surface area contributed by atoms with Crippen molar-refractivity contribution in [3.05, 3.63) is 83.4 Å². The molecule has 0 aliphatic carbocycles. The summed E-state index contributed by atoms with van der Waals surface area (Å²) in [6.45, 7) is 3.31. The summed E-state index contributed by atoms with van der Waals surface area (Å²) in [5.74, 6) is -2.18. The zero-order chi connectivity index (χ0) is 21.7. The minimum Gasteiger partial charge on any atom is -0.452 e.